The van der Waals surface area contributed by atoms with Gasteiger partial charge in [-0.2, -0.15) is 15.3 Å². The number of benzene rings is 3. The molecule has 1 fully saturated rings. The number of rotatable bonds is 12. The Morgan fingerprint density at radius 2 is 0.733 bits per heavy atom. The van der Waals surface area contributed by atoms with Crippen molar-refractivity contribution >= 4 is 41.8 Å². The van der Waals surface area contributed by atoms with Gasteiger partial charge in [0.05, 0.1) is 31.1 Å². The molecule has 0 heterocycles. The molecule has 3 aromatic carbocycles. The van der Waals surface area contributed by atoms with Crippen molar-refractivity contribution in [3.05, 3.63) is 108 Å². The van der Waals surface area contributed by atoms with Crippen LogP contribution in [-0.2, 0) is 19.6 Å². The maximum absolute atomic E-state index is 5.58. The van der Waals surface area contributed by atoms with Crippen LogP contribution in [0, 0.1) is 0 Å². The molecular formula is C36H54N6Si3. The zero-order valence-electron chi connectivity index (χ0n) is 29.1. The first kappa shape index (κ1) is 34.6. The van der Waals surface area contributed by atoms with Crippen LogP contribution in [0.5, 0.6) is 0 Å². The molecule has 0 radical (unpaired) electrons. The van der Waals surface area contributed by atoms with Crippen LogP contribution in [0.4, 0.5) is 0 Å². The van der Waals surface area contributed by atoms with E-state index in [4.69, 9.17) is 15.3 Å². The highest BCUT2D eigenvalue weighted by Gasteiger charge is 2.32. The third kappa shape index (κ3) is 10.4. The molecule has 0 amide bonds. The predicted octanol–water partition coefficient (Wildman–Crippen LogP) is 9.25. The summed E-state index contributed by atoms with van der Waals surface area (Å²) in [4.78, 5) is 0. The van der Waals surface area contributed by atoms with Crippen LogP contribution in [-0.4, -0.2) is 55.9 Å². The largest absolute Gasteiger partial charge is 0.320 e. The van der Waals surface area contributed by atoms with E-state index in [2.05, 4.69) is 164 Å². The highest BCUT2D eigenvalue weighted by atomic mass is 28.3. The van der Waals surface area contributed by atoms with E-state index in [1.165, 1.54) is 16.7 Å². The maximum Gasteiger partial charge on any atom is 0.169 e. The molecule has 0 unspecified atom stereocenters. The van der Waals surface area contributed by atoms with Crippen molar-refractivity contribution in [3.8, 4) is 0 Å². The quantitative estimate of drug-likeness (QED) is 0.144. The molecule has 240 valence electrons. The van der Waals surface area contributed by atoms with Crippen molar-refractivity contribution in [2.45, 2.75) is 97.8 Å². The lowest BCUT2D eigenvalue weighted by Crippen LogP contribution is -2.47. The third-order valence-electron chi connectivity index (χ3n) is 7.93. The second-order valence-corrected chi connectivity index (χ2v) is 29.6. The van der Waals surface area contributed by atoms with Gasteiger partial charge in [0.15, 0.2) is 24.7 Å². The van der Waals surface area contributed by atoms with E-state index < -0.39 is 24.7 Å². The van der Waals surface area contributed by atoms with Gasteiger partial charge < -0.3 is 14.0 Å². The number of hydrogen-bond donors (Lipinski definition) is 0. The van der Waals surface area contributed by atoms with E-state index in [0.29, 0.717) is 0 Å². The molecule has 0 N–H and O–H groups in total. The van der Waals surface area contributed by atoms with E-state index >= 15 is 0 Å². The molecule has 0 aromatic heterocycles. The van der Waals surface area contributed by atoms with Crippen molar-refractivity contribution in [2.75, 3.05) is 0 Å². The second-order valence-electron chi connectivity index (χ2n) is 15.0. The molecule has 1 saturated carbocycles. The molecule has 1 aliphatic carbocycles. The minimum absolute atomic E-state index is 0.782. The van der Waals surface area contributed by atoms with Gasteiger partial charge >= 0.3 is 0 Å². The molecule has 0 saturated heterocycles. The maximum atomic E-state index is 5.58. The van der Waals surface area contributed by atoms with Gasteiger partial charge in [-0.25, -0.2) is 0 Å². The van der Waals surface area contributed by atoms with Gasteiger partial charge in [0.1, 0.15) is 5.71 Å². The van der Waals surface area contributed by atoms with Crippen LogP contribution in [0.3, 0.4) is 0 Å². The van der Waals surface area contributed by atoms with Crippen LogP contribution < -0.4 is 0 Å². The normalized spacial score (nSPS) is 17.1. The number of hydrazone groups is 3. The van der Waals surface area contributed by atoms with Crippen LogP contribution in [0.2, 0.25) is 58.9 Å². The van der Waals surface area contributed by atoms with Gasteiger partial charge in [-0.1, -0.05) is 150 Å². The molecular weight excluding hydrogens is 601 g/mol. The van der Waals surface area contributed by atoms with Gasteiger partial charge in [-0.15, -0.1) is 0 Å². The lowest BCUT2D eigenvalue weighted by molar-refractivity contribution is 0.435. The molecule has 4 rings (SSSR count). The van der Waals surface area contributed by atoms with Crippen LogP contribution in [0.1, 0.15) is 36.0 Å². The summed E-state index contributed by atoms with van der Waals surface area (Å²) < 4.78 is 7.14. The zero-order valence-corrected chi connectivity index (χ0v) is 32.1. The molecule has 45 heavy (non-hydrogen) atoms. The van der Waals surface area contributed by atoms with Gasteiger partial charge in [0, 0.05) is 0 Å². The fraction of sp³-hybridized carbons (Fsp3) is 0.417. The van der Waals surface area contributed by atoms with Gasteiger partial charge in [0.2, 0.25) is 0 Å². The fourth-order valence-electron chi connectivity index (χ4n) is 5.09. The zero-order chi connectivity index (χ0) is 32.7. The van der Waals surface area contributed by atoms with Gasteiger partial charge in [-0.3, -0.25) is 0 Å². The average Bonchev–Trinajstić information content (AvgIpc) is 2.97. The molecule has 6 nitrogen and oxygen atoms in total. The average molecular weight is 655 g/mol. The third-order valence-corrected chi connectivity index (χ3v) is 13.3. The molecule has 0 atom stereocenters. The lowest BCUT2D eigenvalue weighted by atomic mass is 9.94. The fourth-order valence-corrected chi connectivity index (χ4v) is 8.30. The van der Waals surface area contributed by atoms with Crippen LogP contribution in [0.25, 0.3) is 0 Å². The molecule has 9 heteroatoms. The first-order valence-corrected chi connectivity index (χ1v) is 26.7. The Balaban J connectivity index is 1.85. The monoisotopic (exact) mass is 654 g/mol. The van der Waals surface area contributed by atoms with E-state index in [1.54, 1.807) is 0 Å². The summed E-state index contributed by atoms with van der Waals surface area (Å²) in [7, 11) is -5.49. The molecule has 3 aromatic rings. The Bertz CT molecular complexity index is 1370. The van der Waals surface area contributed by atoms with E-state index in [-0.39, 0.29) is 0 Å². The second kappa shape index (κ2) is 14.9. The summed E-state index contributed by atoms with van der Waals surface area (Å²) in [5.74, 6) is 0. The Kier molecular flexibility index (Phi) is 11.4. The molecule has 0 aliphatic heterocycles. The van der Waals surface area contributed by atoms with Crippen molar-refractivity contribution in [2.24, 2.45) is 15.3 Å². The van der Waals surface area contributed by atoms with Crippen LogP contribution in [0.15, 0.2) is 106 Å². The van der Waals surface area contributed by atoms with E-state index in [9.17, 15) is 0 Å². The lowest BCUT2D eigenvalue weighted by Gasteiger charge is -2.37. The first-order valence-electron chi connectivity index (χ1n) is 16.4. The predicted molar refractivity (Wildman–Crippen MR) is 202 cm³/mol. The SMILES string of the molecule is C[Si](C)(C)N(Cc1ccccc1)/N=C1/CCCC(=N\N(Cc2ccccc2)[Si](C)(C)C)/C1=N\N(Cc1ccccc1)[Si](C)(C)C. The van der Waals surface area contributed by atoms with E-state index in [1.807, 2.05) is 0 Å². The van der Waals surface area contributed by atoms with Crippen LogP contribution >= 0.6 is 0 Å². The standard InChI is InChI=1S/C36H54N6Si3/c1-43(2,3)40(28-31-20-13-10-14-21-31)37-34-26-19-27-35(38-41(44(4,5)6)29-32-22-15-11-16-23-32)36(34)39-42(45(7,8)9)30-33-24-17-12-18-25-33/h10-18,20-25H,19,26-30H2,1-9H3/b37-34-,38-35+,39-36-. The summed E-state index contributed by atoms with van der Waals surface area (Å²) in [6.45, 7) is 23.8. The minimum atomic E-state index is -1.86. The first-order chi connectivity index (χ1) is 21.2. The highest BCUT2D eigenvalue weighted by Crippen LogP contribution is 2.24. The summed E-state index contributed by atoms with van der Waals surface area (Å²) in [6.07, 6.45) is 2.84. The Morgan fingerprint density at radius 3 is 1.02 bits per heavy atom. The summed E-state index contributed by atoms with van der Waals surface area (Å²) >= 11 is 0. The smallest absolute Gasteiger partial charge is 0.169 e. The molecule has 0 bridgehead atoms. The molecule has 0 spiro atoms. The van der Waals surface area contributed by atoms with Gasteiger partial charge in [-0.05, 0) is 36.0 Å². The topological polar surface area (TPSA) is 46.8 Å². The summed E-state index contributed by atoms with van der Waals surface area (Å²) in [5.41, 5.74) is 6.97. The minimum Gasteiger partial charge on any atom is -0.320 e. The van der Waals surface area contributed by atoms with Crippen molar-refractivity contribution in [1.82, 2.24) is 14.0 Å². The Labute approximate surface area is 275 Å². The van der Waals surface area contributed by atoms with E-state index in [0.717, 1.165) is 56.0 Å². The highest BCUT2D eigenvalue weighted by molar-refractivity contribution is 6.76. The van der Waals surface area contributed by atoms with Crippen molar-refractivity contribution in [1.29, 1.82) is 0 Å². The van der Waals surface area contributed by atoms with Crippen molar-refractivity contribution in [3.63, 3.8) is 0 Å². The molecule has 1 aliphatic rings. The summed E-state index contributed by atoms with van der Waals surface area (Å²) in [5, 5.41) is 16.6. The number of hydrogen-bond acceptors (Lipinski definition) is 6. The summed E-state index contributed by atoms with van der Waals surface area (Å²) in [6, 6.07) is 32.2. The Morgan fingerprint density at radius 1 is 0.444 bits per heavy atom. The van der Waals surface area contributed by atoms with Gasteiger partial charge in [0.25, 0.3) is 0 Å². The Hall–Kier alpha value is -3.28. The number of nitrogens with zero attached hydrogens (tertiary/aromatic N) is 6. The van der Waals surface area contributed by atoms with Crippen molar-refractivity contribution < 1.29 is 0 Å².